The summed E-state index contributed by atoms with van der Waals surface area (Å²) in [5, 5.41) is 2.24. The number of carbonyl (C=O) groups excluding carboxylic acids is 2. The van der Waals surface area contributed by atoms with Crippen molar-refractivity contribution in [3.8, 4) is 0 Å². The molecule has 0 saturated carbocycles. The van der Waals surface area contributed by atoms with Crippen molar-refractivity contribution in [2.24, 2.45) is 0 Å². The summed E-state index contributed by atoms with van der Waals surface area (Å²) in [4.78, 5) is 22.7. The highest BCUT2D eigenvalue weighted by atomic mass is 16.2. The Labute approximate surface area is 88.9 Å². The molecule has 0 fully saturated rings. The largest absolute Gasteiger partial charge is 0.288 e. The second-order valence-electron chi connectivity index (χ2n) is 3.14. The first-order valence-corrected chi connectivity index (χ1v) is 4.64. The molecule has 1 rings (SSSR count). The van der Waals surface area contributed by atoms with Crippen LogP contribution in [0, 0.1) is 0 Å². The van der Waals surface area contributed by atoms with Gasteiger partial charge in [0.05, 0.1) is 5.57 Å². The summed E-state index contributed by atoms with van der Waals surface area (Å²) in [5.74, 6) is -0.684. The Bertz CT molecular complexity index is 411. The fraction of sp³-hybridized carbons (Fsp3) is 0.167. The molecular weight excluding hydrogens is 190 g/mol. The number of imide groups is 1. The highest BCUT2D eigenvalue weighted by Gasteiger charge is 2.27. The third kappa shape index (κ3) is 2.13. The molecule has 0 aliphatic carbocycles. The zero-order valence-corrected chi connectivity index (χ0v) is 8.83. The van der Waals surface area contributed by atoms with Gasteiger partial charge in [-0.1, -0.05) is 30.9 Å². The molecular formula is C12H13NO2. The first kappa shape index (κ1) is 11.2. The van der Waals surface area contributed by atoms with Crippen LogP contribution in [0.1, 0.15) is 13.8 Å². The van der Waals surface area contributed by atoms with E-state index in [1.807, 2.05) is 13.0 Å². The van der Waals surface area contributed by atoms with Crippen LogP contribution in [0.3, 0.4) is 0 Å². The summed E-state index contributed by atoms with van der Waals surface area (Å²) in [7, 11) is 0. The Balaban J connectivity index is 3.20. The molecule has 1 aliphatic rings. The molecule has 0 aromatic carbocycles. The zero-order valence-electron chi connectivity index (χ0n) is 8.83. The second kappa shape index (κ2) is 4.55. The van der Waals surface area contributed by atoms with Gasteiger partial charge in [0.2, 0.25) is 0 Å². The van der Waals surface area contributed by atoms with Gasteiger partial charge in [0.1, 0.15) is 0 Å². The van der Waals surface area contributed by atoms with Crippen LogP contribution in [0.5, 0.6) is 0 Å². The Kier molecular flexibility index (Phi) is 3.39. The zero-order chi connectivity index (χ0) is 11.4. The van der Waals surface area contributed by atoms with Gasteiger partial charge in [-0.3, -0.25) is 14.9 Å². The topological polar surface area (TPSA) is 46.2 Å². The molecule has 0 aromatic rings. The van der Waals surface area contributed by atoms with Crippen LogP contribution in [-0.2, 0) is 9.59 Å². The average molecular weight is 203 g/mol. The highest BCUT2D eigenvalue weighted by molar-refractivity contribution is 6.21. The Morgan fingerprint density at radius 3 is 2.40 bits per heavy atom. The lowest BCUT2D eigenvalue weighted by Gasteiger charge is -2.00. The Morgan fingerprint density at radius 1 is 1.33 bits per heavy atom. The molecule has 15 heavy (non-hydrogen) atoms. The quantitative estimate of drug-likeness (QED) is 0.560. The number of carbonyl (C=O) groups is 2. The summed E-state index contributed by atoms with van der Waals surface area (Å²) in [6.45, 7) is 7.13. The van der Waals surface area contributed by atoms with Crippen molar-refractivity contribution in [2.45, 2.75) is 13.8 Å². The van der Waals surface area contributed by atoms with E-state index in [-0.39, 0.29) is 11.8 Å². The summed E-state index contributed by atoms with van der Waals surface area (Å²) in [6.07, 6.45) is 6.96. The van der Waals surface area contributed by atoms with E-state index in [1.54, 1.807) is 25.2 Å². The van der Waals surface area contributed by atoms with Gasteiger partial charge in [-0.05, 0) is 19.4 Å². The molecule has 0 aromatic heterocycles. The average Bonchev–Trinajstić information content (AvgIpc) is 2.45. The van der Waals surface area contributed by atoms with Crippen LogP contribution < -0.4 is 5.32 Å². The maximum absolute atomic E-state index is 11.5. The van der Waals surface area contributed by atoms with Crippen molar-refractivity contribution < 1.29 is 9.59 Å². The van der Waals surface area contributed by atoms with E-state index in [9.17, 15) is 9.59 Å². The number of rotatable bonds is 3. The molecule has 0 unspecified atom stereocenters. The van der Waals surface area contributed by atoms with Gasteiger partial charge in [-0.25, -0.2) is 0 Å². The van der Waals surface area contributed by atoms with Gasteiger partial charge in [0.25, 0.3) is 11.8 Å². The van der Waals surface area contributed by atoms with Crippen molar-refractivity contribution in [3.63, 3.8) is 0 Å². The van der Waals surface area contributed by atoms with Crippen molar-refractivity contribution >= 4 is 11.8 Å². The summed E-state index contributed by atoms with van der Waals surface area (Å²) >= 11 is 0. The maximum Gasteiger partial charge on any atom is 0.259 e. The van der Waals surface area contributed by atoms with E-state index in [4.69, 9.17) is 0 Å². The van der Waals surface area contributed by atoms with E-state index in [1.165, 1.54) is 0 Å². The molecule has 0 radical (unpaired) electrons. The minimum atomic E-state index is -0.354. The van der Waals surface area contributed by atoms with E-state index < -0.39 is 0 Å². The van der Waals surface area contributed by atoms with Crippen LogP contribution in [0.15, 0.2) is 47.6 Å². The minimum absolute atomic E-state index is 0.330. The molecule has 2 amide bonds. The lowest BCUT2D eigenvalue weighted by atomic mass is 10.0. The first-order valence-electron chi connectivity index (χ1n) is 4.64. The molecule has 0 saturated heterocycles. The van der Waals surface area contributed by atoms with Crippen molar-refractivity contribution in [1.29, 1.82) is 0 Å². The monoisotopic (exact) mass is 203 g/mol. The number of hydrogen-bond donors (Lipinski definition) is 1. The normalized spacial score (nSPS) is 17.6. The second-order valence-corrected chi connectivity index (χ2v) is 3.14. The fourth-order valence-corrected chi connectivity index (χ4v) is 1.34. The maximum atomic E-state index is 11.5. The summed E-state index contributed by atoms with van der Waals surface area (Å²) < 4.78 is 0. The predicted octanol–water partition coefficient (Wildman–Crippen LogP) is 1.65. The third-order valence-corrected chi connectivity index (χ3v) is 2.15. The predicted molar refractivity (Wildman–Crippen MR) is 58.9 cm³/mol. The molecule has 3 heteroatoms. The van der Waals surface area contributed by atoms with Crippen molar-refractivity contribution in [3.05, 3.63) is 47.6 Å². The molecule has 1 aliphatic heterocycles. The van der Waals surface area contributed by atoms with E-state index >= 15 is 0 Å². The smallest absolute Gasteiger partial charge is 0.259 e. The molecule has 0 atom stereocenters. The summed E-state index contributed by atoms with van der Waals surface area (Å²) in [6, 6.07) is 0. The van der Waals surface area contributed by atoms with Crippen molar-refractivity contribution in [1.82, 2.24) is 5.32 Å². The molecule has 78 valence electrons. The number of hydrogen-bond acceptors (Lipinski definition) is 2. The minimum Gasteiger partial charge on any atom is -0.288 e. The number of nitrogens with one attached hydrogen (secondary N) is 1. The fourth-order valence-electron chi connectivity index (χ4n) is 1.34. The van der Waals surface area contributed by atoms with Gasteiger partial charge in [-0.15, -0.1) is 0 Å². The van der Waals surface area contributed by atoms with E-state index in [0.29, 0.717) is 16.7 Å². The van der Waals surface area contributed by atoms with Gasteiger partial charge in [-0.2, -0.15) is 0 Å². The lowest BCUT2D eigenvalue weighted by Crippen LogP contribution is -2.23. The Hall–Kier alpha value is -1.90. The Morgan fingerprint density at radius 2 is 2.00 bits per heavy atom. The highest BCUT2D eigenvalue weighted by Crippen LogP contribution is 2.21. The van der Waals surface area contributed by atoms with Gasteiger partial charge in [0, 0.05) is 5.57 Å². The van der Waals surface area contributed by atoms with E-state index in [2.05, 4.69) is 11.9 Å². The molecule has 1 heterocycles. The molecule has 3 nitrogen and oxygen atoms in total. The SMILES string of the molecule is C=C/C(=C\C=C/C)C1=C(C)C(=O)NC1=O. The van der Waals surface area contributed by atoms with Crippen LogP contribution in [0.25, 0.3) is 0 Å². The van der Waals surface area contributed by atoms with Crippen LogP contribution in [-0.4, -0.2) is 11.8 Å². The van der Waals surface area contributed by atoms with Crippen LogP contribution in [0.2, 0.25) is 0 Å². The van der Waals surface area contributed by atoms with Gasteiger partial charge >= 0.3 is 0 Å². The van der Waals surface area contributed by atoms with Gasteiger partial charge in [0.15, 0.2) is 0 Å². The number of amides is 2. The van der Waals surface area contributed by atoms with Crippen molar-refractivity contribution in [2.75, 3.05) is 0 Å². The van der Waals surface area contributed by atoms with Crippen LogP contribution in [0.4, 0.5) is 0 Å². The standard InChI is InChI=1S/C12H13NO2/c1-4-6-7-9(5-2)10-8(3)11(14)13-12(10)15/h4-7H,2H2,1,3H3,(H,13,14,15)/b6-4-,9-7+. The van der Waals surface area contributed by atoms with Gasteiger partial charge < -0.3 is 0 Å². The van der Waals surface area contributed by atoms with E-state index in [0.717, 1.165) is 0 Å². The molecule has 0 spiro atoms. The molecule has 0 bridgehead atoms. The number of allylic oxidation sites excluding steroid dienone is 4. The lowest BCUT2D eigenvalue weighted by molar-refractivity contribution is -0.124. The first-order chi connectivity index (χ1) is 7.11. The summed E-state index contributed by atoms with van der Waals surface area (Å²) in [5.41, 5.74) is 1.51. The molecule has 1 N–H and O–H groups in total. The third-order valence-electron chi connectivity index (χ3n) is 2.15. The van der Waals surface area contributed by atoms with Crippen LogP contribution >= 0.6 is 0 Å².